The van der Waals surface area contributed by atoms with Gasteiger partial charge in [-0.3, -0.25) is 15.0 Å². The second kappa shape index (κ2) is 7.92. The van der Waals surface area contributed by atoms with E-state index in [0.29, 0.717) is 18.4 Å². The zero-order valence-electron chi connectivity index (χ0n) is 13.9. The normalized spacial score (nSPS) is 33.2. The van der Waals surface area contributed by atoms with Crippen LogP contribution in [0.25, 0.3) is 0 Å². The molecule has 0 aromatic heterocycles. The van der Waals surface area contributed by atoms with Gasteiger partial charge in [-0.2, -0.15) is 0 Å². The third kappa shape index (κ3) is 4.95. The largest absolute Gasteiger partial charge is 0.376 e. The van der Waals surface area contributed by atoms with Gasteiger partial charge in [-0.25, -0.2) is 4.79 Å². The first-order valence-corrected chi connectivity index (χ1v) is 8.40. The Morgan fingerprint density at radius 1 is 1.23 bits per heavy atom. The van der Waals surface area contributed by atoms with Crippen LogP contribution in [0, 0.1) is 11.8 Å². The summed E-state index contributed by atoms with van der Waals surface area (Å²) >= 11 is 0. The van der Waals surface area contributed by atoms with Crippen LogP contribution in [0.3, 0.4) is 0 Å². The quantitative estimate of drug-likeness (QED) is 0.825. The minimum absolute atomic E-state index is 0.139. The highest BCUT2D eigenvalue weighted by Crippen LogP contribution is 2.29. The molecule has 2 aliphatic rings. The molecule has 0 spiro atoms. The van der Waals surface area contributed by atoms with Crippen LogP contribution in [0.4, 0.5) is 4.79 Å². The number of carbonyl (C=O) groups excluding carboxylic acids is 2. The number of ether oxygens (including phenoxy) is 1. The fourth-order valence-electron chi connectivity index (χ4n) is 3.39. The van der Waals surface area contributed by atoms with Gasteiger partial charge in [-0.15, -0.1) is 0 Å². The molecule has 1 aliphatic carbocycles. The van der Waals surface area contributed by atoms with Crippen LogP contribution in [0.2, 0.25) is 0 Å². The molecule has 0 aromatic carbocycles. The van der Waals surface area contributed by atoms with Gasteiger partial charge in [0.25, 0.3) is 0 Å². The maximum atomic E-state index is 12.0. The zero-order valence-corrected chi connectivity index (χ0v) is 13.9. The molecule has 0 bridgehead atoms. The molecule has 1 aliphatic heterocycles. The number of carbonyl (C=O) groups is 2. The molecule has 2 rings (SSSR count). The Hall–Kier alpha value is -1.14. The first-order chi connectivity index (χ1) is 10.5. The van der Waals surface area contributed by atoms with Gasteiger partial charge in [0, 0.05) is 19.1 Å². The number of morpholine rings is 1. The van der Waals surface area contributed by atoms with Crippen LogP contribution in [0.15, 0.2) is 0 Å². The molecule has 4 atom stereocenters. The van der Waals surface area contributed by atoms with Gasteiger partial charge in [-0.05, 0) is 25.2 Å². The molecular weight excluding hydrogens is 282 g/mol. The van der Waals surface area contributed by atoms with Gasteiger partial charge in [0.05, 0.1) is 19.3 Å². The van der Waals surface area contributed by atoms with Crippen molar-refractivity contribution >= 4 is 11.9 Å². The van der Waals surface area contributed by atoms with Gasteiger partial charge in [0.2, 0.25) is 5.91 Å². The minimum atomic E-state index is -0.364. The van der Waals surface area contributed by atoms with Crippen LogP contribution in [0.1, 0.15) is 40.0 Å². The van der Waals surface area contributed by atoms with E-state index in [4.69, 9.17) is 4.74 Å². The molecule has 3 amide bonds. The molecule has 1 saturated carbocycles. The number of rotatable bonds is 3. The lowest BCUT2D eigenvalue weighted by molar-refractivity contribution is -0.123. The van der Waals surface area contributed by atoms with Crippen molar-refractivity contribution in [1.29, 1.82) is 0 Å². The monoisotopic (exact) mass is 311 g/mol. The average Bonchev–Trinajstić information content (AvgIpc) is 2.43. The topological polar surface area (TPSA) is 70.7 Å². The molecule has 0 unspecified atom stereocenters. The maximum Gasteiger partial charge on any atom is 0.321 e. The third-order valence-electron chi connectivity index (χ3n) is 4.97. The van der Waals surface area contributed by atoms with Crippen molar-refractivity contribution in [3.05, 3.63) is 0 Å². The molecule has 1 saturated heterocycles. The minimum Gasteiger partial charge on any atom is -0.376 e. The summed E-state index contributed by atoms with van der Waals surface area (Å²) in [6.07, 6.45) is 3.49. The van der Waals surface area contributed by atoms with Crippen LogP contribution in [-0.4, -0.2) is 55.2 Å². The van der Waals surface area contributed by atoms with Gasteiger partial charge in [0.15, 0.2) is 0 Å². The molecule has 22 heavy (non-hydrogen) atoms. The van der Waals surface area contributed by atoms with Crippen molar-refractivity contribution in [2.24, 2.45) is 11.8 Å². The van der Waals surface area contributed by atoms with Crippen molar-refractivity contribution in [2.45, 2.75) is 52.2 Å². The number of nitrogens with one attached hydrogen (secondary N) is 2. The molecule has 2 N–H and O–H groups in total. The second-order valence-electron chi connectivity index (χ2n) is 6.81. The smallest absolute Gasteiger partial charge is 0.321 e. The number of hydrogen-bond donors (Lipinski definition) is 2. The van der Waals surface area contributed by atoms with Crippen molar-refractivity contribution in [1.82, 2.24) is 15.5 Å². The van der Waals surface area contributed by atoms with E-state index < -0.39 is 0 Å². The van der Waals surface area contributed by atoms with Gasteiger partial charge >= 0.3 is 6.03 Å². The Balaban J connectivity index is 1.73. The Bertz CT molecular complexity index is 402. The summed E-state index contributed by atoms with van der Waals surface area (Å²) in [6, 6.07) is -0.197. The van der Waals surface area contributed by atoms with Gasteiger partial charge in [0.1, 0.15) is 0 Å². The Kier molecular flexibility index (Phi) is 6.20. The summed E-state index contributed by atoms with van der Waals surface area (Å²) in [4.78, 5) is 26.0. The molecule has 6 nitrogen and oxygen atoms in total. The molecule has 126 valence electrons. The molecular formula is C16H29N3O3. The summed E-state index contributed by atoms with van der Waals surface area (Å²) in [6.45, 7) is 8.73. The van der Waals surface area contributed by atoms with Crippen LogP contribution < -0.4 is 10.6 Å². The number of hydrogen-bond acceptors (Lipinski definition) is 4. The number of amides is 3. The SMILES string of the molecule is C[C@@H]1[C@@H](C)CCC[C@H]1NC(=O)NC(=O)CN1CCO[C@H](C)C1. The summed E-state index contributed by atoms with van der Waals surface area (Å²) < 4.78 is 5.44. The second-order valence-corrected chi connectivity index (χ2v) is 6.81. The van der Waals surface area contributed by atoms with Crippen LogP contribution in [0.5, 0.6) is 0 Å². The van der Waals surface area contributed by atoms with Crippen molar-refractivity contribution in [3.8, 4) is 0 Å². The molecule has 2 fully saturated rings. The predicted octanol–water partition coefficient (Wildman–Crippen LogP) is 1.36. The molecule has 0 aromatic rings. The standard InChI is InChI=1S/C16H29N3O3/c1-11-5-4-6-14(13(11)3)17-16(21)18-15(20)10-19-7-8-22-12(2)9-19/h11-14H,4-10H2,1-3H3,(H2,17,18,20,21)/t11-,12+,13+,14+/m0/s1. The lowest BCUT2D eigenvalue weighted by atomic mass is 9.78. The zero-order chi connectivity index (χ0) is 16.1. The summed E-state index contributed by atoms with van der Waals surface area (Å²) in [5, 5.41) is 5.42. The lowest BCUT2D eigenvalue weighted by Crippen LogP contribution is -2.52. The van der Waals surface area contributed by atoms with Gasteiger partial charge in [-0.1, -0.05) is 26.7 Å². The van der Waals surface area contributed by atoms with E-state index in [1.165, 1.54) is 6.42 Å². The average molecular weight is 311 g/mol. The van der Waals surface area contributed by atoms with Crippen molar-refractivity contribution in [2.75, 3.05) is 26.2 Å². The van der Waals surface area contributed by atoms with Crippen LogP contribution in [-0.2, 0) is 9.53 Å². The first-order valence-electron chi connectivity index (χ1n) is 8.40. The van der Waals surface area contributed by atoms with E-state index in [9.17, 15) is 9.59 Å². The van der Waals surface area contributed by atoms with E-state index in [2.05, 4.69) is 24.5 Å². The molecule has 6 heteroatoms. The number of urea groups is 1. The Morgan fingerprint density at radius 2 is 2.00 bits per heavy atom. The highest BCUT2D eigenvalue weighted by molar-refractivity contribution is 5.95. The van der Waals surface area contributed by atoms with Crippen molar-refractivity contribution in [3.63, 3.8) is 0 Å². The molecule has 0 radical (unpaired) electrons. The van der Waals surface area contributed by atoms with Gasteiger partial charge < -0.3 is 10.1 Å². The summed E-state index contributed by atoms with van der Waals surface area (Å²) in [5.41, 5.74) is 0. The number of imide groups is 1. The lowest BCUT2D eigenvalue weighted by Gasteiger charge is -2.34. The van der Waals surface area contributed by atoms with Crippen LogP contribution >= 0.6 is 0 Å². The Labute approximate surface area is 132 Å². The van der Waals surface area contributed by atoms with E-state index >= 15 is 0 Å². The first kappa shape index (κ1) is 17.2. The summed E-state index contributed by atoms with van der Waals surface area (Å²) in [5.74, 6) is 0.822. The van der Waals surface area contributed by atoms with E-state index in [0.717, 1.165) is 25.9 Å². The van der Waals surface area contributed by atoms with Crippen molar-refractivity contribution < 1.29 is 14.3 Å². The predicted molar refractivity (Wildman–Crippen MR) is 84.5 cm³/mol. The van der Waals surface area contributed by atoms with E-state index in [-0.39, 0.29) is 30.6 Å². The fraction of sp³-hybridized carbons (Fsp3) is 0.875. The fourth-order valence-corrected chi connectivity index (χ4v) is 3.39. The highest BCUT2D eigenvalue weighted by Gasteiger charge is 2.28. The van der Waals surface area contributed by atoms with E-state index in [1.807, 2.05) is 11.8 Å². The summed E-state index contributed by atoms with van der Waals surface area (Å²) in [7, 11) is 0. The number of nitrogens with zero attached hydrogens (tertiary/aromatic N) is 1. The highest BCUT2D eigenvalue weighted by atomic mass is 16.5. The molecule has 1 heterocycles. The third-order valence-corrected chi connectivity index (χ3v) is 4.97. The van der Waals surface area contributed by atoms with E-state index in [1.54, 1.807) is 0 Å². The maximum absolute atomic E-state index is 12.0. The Morgan fingerprint density at radius 3 is 2.73 bits per heavy atom.